The minimum absolute atomic E-state index is 0.190. The highest BCUT2D eigenvalue weighted by atomic mass is 16.5. The Labute approximate surface area is 141 Å². The van der Waals surface area contributed by atoms with E-state index >= 15 is 0 Å². The van der Waals surface area contributed by atoms with Crippen LogP contribution in [0.3, 0.4) is 0 Å². The smallest absolute Gasteiger partial charge is 0.307 e. The number of para-hydroxylation sites is 1. The van der Waals surface area contributed by atoms with Crippen LogP contribution in [0, 0.1) is 11.8 Å². The van der Waals surface area contributed by atoms with Gasteiger partial charge in [-0.2, -0.15) is 0 Å². The Bertz CT molecular complexity index is 624. The molecule has 130 valence electrons. The Kier molecular flexibility index (Phi) is 4.92. The first kappa shape index (κ1) is 16.6. The van der Waals surface area contributed by atoms with Crippen molar-refractivity contribution in [1.29, 1.82) is 0 Å². The number of amides is 1. The quantitative estimate of drug-likeness (QED) is 0.800. The van der Waals surface area contributed by atoms with E-state index in [9.17, 15) is 9.59 Å². The van der Waals surface area contributed by atoms with Gasteiger partial charge in [0.15, 0.2) is 11.5 Å². The summed E-state index contributed by atoms with van der Waals surface area (Å²) in [6.07, 6.45) is 5.02. The first-order chi connectivity index (χ1) is 11.6. The second-order valence-corrected chi connectivity index (χ2v) is 6.48. The van der Waals surface area contributed by atoms with Crippen molar-refractivity contribution in [3.05, 3.63) is 23.8 Å². The Morgan fingerprint density at radius 3 is 2.62 bits per heavy atom. The van der Waals surface area contributed by atoms with Crippen LogP contribution in [-0.4, -0.2) is 30.2 Å². The largest absolute Gasteiger partial charge is 0.493 e. The number of aliphatic carboxylic acids is 1. The molecule has 0 saturated heterocycles. The fourth-order valence-electron chi connectivity index (χ4n) is 3.24. The first-order valence-electron chi connectivity index (χ1n) is 8.43. The number of ether oxygens (including phenoxy) is 2. The zero-order valence-electron chi connectivity index (χ0n) is 13.8. The van der Waals surface area contributed by atoms with Gasteiger partial charge in [-0.15, -0.1) is 0 Å². The van der Waals surface area contributed by atoms with Gasteiger partial charge in [-0.05, 0) is 38.2 Å². The minimum atomic E-state index is -0.901. The normalized spacial score (nSPS) is 22.9. The van der Waals surface area contributed by atoms with E-state index in [1.165, 1.54) is 12.8 Å². The number of benzene rings is 1. The second-order valence-electron chi connectivity index (χ2n) is 6.48. The molecular formula is C18H23NO5. The van der Waals surface area contributed by atoms with Crippen molar-refractivity contribution < 1.29 is 24.2 Å². The van der Waals surface area contributed by atoms with Crippen molar-refractivity contribution in [2.75, 3.05) is 7.11 Å². The summed E-state index contributed by atoms with van der Waals surface area (Å²) in [5, 5.41) is 11.7. The molecule has 1 aromatic carbocycles. The number of carbonyl (C=O) groups excluding carboxylic acids is 1. The lowest BCUT2D eigenvalue weighted by atomic mass is 10.1. The van der Waals surface area contributed by atoms with Crippen molar-refractivity contribution in [2.24, 2.45) is 11.8 Å². The molecule has 0 heterocycles. The fraction of sp³-hybridized carbons (Fsp3) is 0.556. The van der Waals surface area contributed by atoms with Crippen molar-refractivity contribution in [2.45, 2.75) is 44.8 Å². The van der Waals surface area contributed by atoms with Crippen molar-refractivity contribution in [3.8, 4) is 11.5 Å². The molecular weight excluding hydrogens is 310 g/mol. The van der Waals surface area contributed by atoms with E-state index in [0.717, 1.165) is 18.4 Å². The number of rotatable bonds is 7. The standard InChI is InChI=1S/C18H23NO5/c1-23-15-8-4-5-11(16(15)24-12-6-2-3-7-12)10-19-17(20)13-9-14(13)18(21)22/h4-5,8,12-14H,2-3,6-7,9-10H2,1H3,(H,19,20)(H,21,22). The van der Waals surface area contributed by atoms with E-state index in [-0.39, 0.29) is 12.0 Å². The third-order valence-corrected chi connectivity index (χ3v) is 4.76. The Morgan fingerprint density at radius 1 is 1.25 bits per heavy atom. The van der Waals surface area contributed by atoms with Gasteiger partial charge in [-0.25, -0.2) is 0 Å². The van der Waals surface area contributed by atoms with Crippen LogP contribution < -0.4 is 14.8 Å². The molecule has 0 aromatic heterocycles. The van der Waals surface area contributed by atoms with Gasteiger partial charge >= 0.3 is 5.97 Å². The summed E-state index contributed by atoms with van der Waals surface area (Å²) in [4.78, 5) is 22.9. The van der Waals surface area contributed by atoms with Crippen LogP contribution >= 0.6 is 0 Å². The molecule has 1 aromatic rings. The van der Waals surface area contributed by atoms with Crippen LogP contribution in [0.25, 0.3) is 0 Å². The van der Waals surface area contributed by atoms with E-state index in [4.69, 9.17) is 14.6 Å². The van der Waals surface area contributed by atoms with Crippen LogP contribution in [0.2, 0.25) is 0 Å². The molecule has 0 spiro atoms. The molecule has 2 atom stereocenters. The SMILES string of the molecule is COc1cccc(CNC(=O)C2CC2C(=O)O)c1OC1CCCC1. The molecule has 2 saturated carbocycles. The van der Waals surface area contributed by atoms with Gasteiger partial charge in [0.1, 0.15) is 0 Å². The second kappa shape index (κ2) is 7.11. The first-order valence-corrected chi connectivity index (χ1v) is 8.43. The van der Waals surface area contributed by atoms with E-state index in [1.807, 2.05) is 18.2 Å². The third-order valence-electron chi connectivity index (χ3n) is 4.76. The molecule has 2 unspecified atom stereocenters. The maximum Gasteiger partial charge on any atom is 0.307 e. The predicted octanol–water partition coefficient (Wildman–Crippen LogP) is 2.35. The van der Waals surface area contributed by atoms with Crippen LogP contribution in [0.15, 0.2) is 18.2 Å². The van der Waals surface area contributed by atoms with Gasteiger partial charge in [0.25, 0.3) is 0 Å². The van der Waals surface area contributed by atoms with Crippen LogP contribution in [0.5, 0.6) is 11.5 Å². The van der Waals surface area contributed by atoms with Gasteiger partial charge < -0.3 is 19.9 Å². The van der Waals surface area contributed by atoms with E-state index in [2.05, 4.69) is 5.32 Å². The highest BCUT2D eigenvalue weighted by Crippen LogP contribution is 2.39. The van der Waals surface area contributed by atoms with Gasteiger partial charge in [0.05, 0.1) is 25.0 Å². The van der Waals surface area contributed by atoms with E-state index in [1.54, 1.807) is 7.11 Å². The Balaban J connectivity index is 1.66. The van der Waals surface area contributed by atoms with E-state index in [0.29, 0.717) is 24.5 Å². The van der Waals surface area contributed by atoms with Gasteiger partial charge in [0, 0.05) is 12.1 Å². The number of methoxy groups -OCH3 is 1. The zero-order chi connectivity index (χ0) is 17.1. The number of carboxylic acid groups (broad SMARTS) is 1. The molecule has 2 fully saturated rings. The van der Waals surface area contributed by atoms with Crippen LogP contribution in [0.1, 0.15) is 37.7 Å². The molecule has 2 N–H and O–H groups in total. The van der Waals surface area contributed by atoms with Gasteiger partial charge in [-0.1, -0.05) is 12.1 Å². The number of carbonyl (C=O) groups is 2. The summed E-state index contributed by atoms with van der Waals surface area (Å²) < 4.78 is 11.5. The molecule has 3 rings (SSSR count). The lowest BCUT2D eigenvalue weighted by Crippen LogP contribution is -2.26. The summed E-state index contributed by atoms with van der Waals surface area (Å²) in [6.45, 7) is 0.306. The molecule has 6 nitrogen and oxygen atoms in total. The molecule has 1 amide bonds. The predicted molar refractivity (Wildman–Crippen MR) is 87.0 cm³/mol. The lowest BCUT2D eigenvalue weighted by molar-refractivity contribution is -0.140. The van der Waals surface area contributed by atoms with Crippen molar-refractivity contribution >= 4 is 11.9 Å². The molecule has 0 bridgehead atoms. The molecule has 24 heavy (non-hydrogen) atoms. The van der Waals surface area contributed by atoms with Gasteiger partial charge in [-0.3, -0.25) is 9.59 Å². The Morgan fingerprint density at radius 2 is 2.00 bits per heavy atom. The molecule has 0 aliphatic heterocycles. The molecule has 2 aliphatic rings. The average molecular weight is 333 g/mol. The number of hydrogen-bond acceptors (Lipinski definition) is 4. The maximum atomic E-state index is 12.1. The summed E-state index contributed by atoms with van der Waals surface area (Å²) in [6, 6.07) is 5.60. The molecule has 2 aliphatic carbocycles. The van der Waals surface area contributed by atoms with Crippen LogP contribution in [-0.2, 0) is 16.1 Å². The molecule has 0 radical (unpaired) electrons. The fourth-order valence-corrected chi connectivity index (χ4v) is 3.24. The van der Waals surface area contributed by atoms with E-state index < -0.39 is 17.8 Å². The minimum Gasteiger partial charge on any atom is -0.493 e. The van der Waals surface area contributed by atoms with Crippen molar-refractivity contribution in [3.63, 3.8) is 0 Å². The lowest BCUT2D eigenvalue weighted by Gasteiger charge is -2.19. The number of hydrogen-bond donors (Lipinski definition) is 2. The third kappa shape index (κ3) is 3.63. The summed E-state index contributed by atoms with van der Waals surface area (Å²) in [5.41, 5.74) is 0.849. The number of nitrogens with one attached hydrogen (secondary N) is 1. The monoisotopic (exact) mass is 333 g/mol. The topological polar surface area (TPSA) is 84.9 Å². The van der Waals surface area contributed by atoms with Crippen LogP contribution in [0.4, 0.5) is 0 Å². The highest BCUT2D eigenvalue weighted by molar-refractivity contribution is 5.89. The summed E-state index contributed by atoms with van der Waals surface area (Å²) >= 11 is 0. The molecule has 6 heteroatoms. The Hall–Kier alpha value is -2.24. The highest BCUT2D eigenvalue weighted by Gasteiger charge is 2.48. The maximum absolute atomic E-state index is 12.1. The van der Waals surface area contributed by atoms with Gasteiger partial charge in [0.2, 0.25) is 5.91 Å². The number of carboxylic acids is 1. The summed E-state index contributed by atoms with van der Waals surface area (Å²) in [5.74, 6) is -0.725. The summed E-state index contributed by atoms with van der Waals surface area (Å²) in [7, 11) is 1.60. The zero-order valence-corrected chi connectivity index (χ0v) is 13.8. The van der Waals surface area contributed by atoms with Crippen molar-refractivity contribution in [1.82, 2.24) is 5.32 Å². The average Bonchev–Trinajstić information content (AvgIpc) is 3.24.